The largest absolute Gasteiger partial charge is 0.441 e. The lowest BCUT2D eigenvalue weighted by atomic mass is 10.00. The molecule has 0 spiro atoms. The Bertz CT molecular complexity index is 984. The van der Waals surface area contributed by atoms with Gasteiger partial charge in [0.1, 0.15) is 5.52 Å². The number of benzene rings is 1. The summed E-state index contributed by atoms with van der Waals surface area (Å²) in [5.41, 5.74) is 4.35. The lowest BCUT2D eigenvalue weighted by Gasteiger charge is -2.39. The van der Waals surface area contributed by atoms with Gasteiger partial charge in [0.15, 0.2) is 26.1 Å². The number of nitrogens with zero attached hydrogens (tertiary/aromatic N) is 1. The van der Waals surface area contributed by atoms with E-state index in [0.29, 0.717) is 11.8 Å². The molecule has 1 aromatic heterocycles. The third-order valence-corrected chi connectivity index (χ3v) is 12.3. The number of oxazole rings is 1. The Morgan fingerprint density at radius 2 is 2.03 bits per heavy atom. The Labute approximate surface area is 220 Å². The Hall–Kier alpha value is -1.47. The van der Waals surface area contributed by atoms with Crippen LogP contribution in [0.5, 0.6) is 0 Å². The van der Waals surface area contributed by atoms with E-state index in [1.165, 1.54) is 30.4 Å². The number of ether oxygens (including phenoxy) is 2. The molecule has 36 heavy (non-hydrogen) atoms. The van der Waals surface area contributed by atoms with Gasteiger partial charge in [-0.1, -0.05) is 45.4 Å². The van der Waals surface area contributed by atoms with E-state index in [1.54, 1.807) is 0 Å². The molecule has 0 amide bonds. The number of rotatable bonds is 12. The molecule has 2 aromatic rings. The third kappa shape index (κ3) is 8.54. The molecule has 2 heterocycles. The highest BCUT2D eigenvalue weighted by Crippen LogP contribution is 2.41. The van der Waals surface area contributed by atoms with Gasteiger partial charge in [-0.15, -0.1) is 0 Å². The van der Waals surface area contributed by atoms with Crippen molar-refractivity contribution in [1.82, 2.24) is 4.98 Å². The van der Waals surface area contributed by atoms with Gasteiger partial charge in [0, 0.05) is 13.5 Å². The molecule has 1 aliphatic rings. The van der Waals surface area contributed by atoms with Crippen LogP contribution in [-0.4, -0.2) is 32.8 Å². The van der Waals surface area contributed by atoms with Crippen LogP contribution < -0.4 is 0 Å². The molecule has 0 N–H and O–H groups in total. The first-order valence-electron chi connectivity index (χ1n) is 13.9. The average Bonchev–Trinajstić information content (AvgIpc) is 3.19. The van der Waals surface area contributed by atoms with Crippen molar-refractivity contribution in [2.75, 3.05) is 13.2 Å². The maximum absolute atomic E-state index is 6.93. The summed E-state index contributed by atoms with van der Waals surface area (Å²) in [4.78, 5) is 4.55. The second-order valence-electron chi connectivity index (χ2n) is 12.2. The van der Waals surface area contributed by atoms with Crippen LogP contribution in [-0.2, 0) is 13.9 Å². The number of hydrogen-bond donors (Lipinski definition) is 0. The number of allylic oxidation sites excluding steroid dienone is 1. The van der Waals surface area contributed by atoms with Gasteiger partial charge in [0.25, 0.3) is 0 Å². The van der Waals surface area contributed by atoms with E-state index in [1.807, 2.05) is 13.0 Å². The molecule has 0 saturated carbocycles. The summed E-state index contributed by atoms with van der Waals surface area (Å²) in [6.07, 6.45) is 10.2. The lowest BCUT2D eigenvalue weighted by molar-refractivity contribution is -0.168. The monoisotopic (exact) mass is 515 g/mol. The predicted octanol–water partition coefficient (Wildman–Crippen LogP) is 8.89. The van der Waals surface area contributed by atoms with Crippen molar-refractivity contribution in [1.29, 1.82) is 0 Å². The molecule has 1 aliphatic heterocycles. The fraction of sp³-hybridized carbons (Fsp3) is 0.700. The molecule has 0 aliphatic carbocycles. The van der Waals surface area contributed by atoms with Crippen LogP contribution in [0.15, 0.2) is 34.3 Å². The molecular weight excluding hydrogens is 466 g/mol. The Kier molecular flexibility index (Phi) is 10.4. The van der Waals surface area contributed by atoms with Crippen LogP contribution in [0.25, 0.3) is 11.1 Å². The van der Waals surface area contributed by atoms with Crippen molar-refractivity contribution in [3.8, 4) is 0 Å². The van der Waals surface area contributed by atoms with Crippen LogP contribution in [0.4, 0.5) is 0 Å². The Morgan fingerprint density at radius 3 is 2.72 bits per heavy atom. The summed E-state index contributed by atoms with van der Waals surface area (Å²) in [5, 5.41) is 0.152. The van der Waals surface area contributed by atoms with Crippen LogP contribution in [0.2, 0.25) is 18.1 Å². The molecule has 1 unspecified atom stereocenters. The summed E-state index contributed by atoms with van der Waals surface area (Å²) in [6, 6.07) is 6.32. The zero-order valence-electron chi connectivity index (χ0n) is 24.0. The first-order chi connectivity index (χ1) is 16.9. The SMILES string of the molecule is CC(=CC[C@H](O[Si](C)(C)C(C)(C)C)c1ccc2oc(C)nc2c1)CCC[C@H](C)COC1CCCCO1. The highest BCUT2D eigenvalue weighted by atomic mass is 28.4. The van der Waals surface area contributed by atoms with Gasteiger partial charge < -0.3 is 18.3 Å². The first kappa shape index (κ1) is 29.1. The van der Waals surface area contributed by atoms with Gasteiger partial charge in [-0.2, -0.15) is 0 Å². The van der Waals surface area contributed by atoms with Gasteiger partial charge in [0.05, 0.1) is 12.7 Å². The molecule has 1 aromatic carbocycles. The summed E-state index contributed by atoms with van der Waals surface area (Å²) < 4.78 is 24.3. The smallest absolute Gasteiger partial charge is 0.192 e. The Morgan fingerprint density at radius 1 is 1.25 bits per heavy atom. The van der Waals surface area contributed by atoms with Crippen LogP contribution in [0.3, 0.4) is 0 Å². The van der Waals surface area contributed by atoms with Crippen molar-refractivity contribution in [3.63, 3.8) is 0 Å². The Balaban J connectivity index is 1.58. The minimum absolute atomic E-state index is 0.0149. The highest BCUT2D eigenvalue weighted by Gasteiger charge is 2.39. The molecule has 0 bridgehead atoms. The van der Waals surface area contributed by atoms with Crippen molar-refractivity contribution in [3.05, 3.63) is 41.3 Å². The van der Waals surface area contributed by atoms with E-state index < -0.39 is 8.32 Å². The van der Waals surface area contributed by atoms with E-state index in [-0.39, 0.29) is 17.4 Å². The quantitative estimate of drug-likeness (QED) is 0.209. The molecule has 202 valence electrons. The molecule has 3 rings (SSSR count). The van der Waals surface area contributed by atoms with Crippen LogP contribution in [0.1, 0.15) is 97.1 Å². The first-order valence-corrected chi connectivity index (χ1v) is 16.8. The normalized spacial score (nSPS) is 19.6. The van der Waals surface area contributed by atoms with Gasteiger partial charge in [-0.25, -0.2) is 4.98 Å². The van der Waals surface area contributed by atoms with Crippen molar-refractivity contribution >= 4 is 19.4 Å². The van der Waals surface area contributed by atoms with Crippen molar-refractivity contribution in [2.45, 2.75) is 117 Å². The van der Waals surface area contributed by atoms with Crippen LogP contribution >= 0.6 is 0 Å². The molecule has 1 fully saturated rings. The number of aromatic nitrogens is 1. The fourth-order valence-corrected chi connectivity index (χ4v) is 5.68. The summed E-state index contributed by atoms with van der Waals surface area (Å²) in [5.74, 6) is 1.25. The van der Waals surface area contributed by atoms with Gasteiger partial charge in [0.2, 0.25) is 0 Å². The topological polar surface area (TPSA) is 53.7 Å². The molecule has 5 nitrogen and oxygen atoms in total. The van der Waals surface area contributed by atoms with Gasteiger partial charge >= 0.3 is 0 Å². The van der Waals surface area contributed by atoms with Gasteiger partial charge in [-0.3, -0.25) is 0 Å². The van der Waals surface area contributed by atoms with E-state index in [9.17, 15) is 0 Å². The molecule has 6 heteroatoms. The zero-order valence-corrected chi connectivity index (χ0v) is 25.0. The maximum atomic E-state index is 6.93. The second kappa shape index (κ2) is 12.9. The molecule has 1 saturated heterocycles. The van der Waals surface area contributed by atoms with E-state index in [2.05, 4.69) is 70.9 Å². The number of aryl methyl sites for hydroxylation is 1. The van der Waals surface area contributed by atoms with Gasteiger partial charge in [-0.05, 0) is 93.6 Å². The number of hydrogen-bond acceptors (Lipinski definition) is 5. The molecule has 0 radical (unpaired) electrons. The zero-order chi connectivity index (χ0) is 26.3. The highest BCUT2D eigenvalue weighted by molar-refractivity contribution is 6.74. The van der Waals surface area contributed by atoms with E-state index in [0.717, 1.165) is 50.0 Å². The van der Waals surface area contributed by atoms with E-state index in [4.69, 9.17) is 18.3 Å². The standard InChI is InChI=1S/C30H49NO4Si/c1-22(12-11-13-23(2)21-33-29-14-9-10-19-32-29)15-17-27(35-36(7,8)30(4,5)6)25-16-18-28-26(20-25)31-24(3)34-28/h15-16,18,20,23,27,29H,9-14,17,19,21H2,1-8H3/t23-,27-,29?/m0/s1. The average molecular weight is 516 g/mol. The number of fused-ring (bicyclic) bond motifs is 1. The lowest BCUT2D eigenvalue weighted by Crippen LogP contribution is -2.41. The third-order valence-electron chi connectivity index (χ3n) is 7.79. The minimum atomic E-state index is -1.95. The van der Waals surface area contributed by atoms with E-state index >= 15 is 0 Å². The van der Waals surface area contributed by atoms with Crippen LogP contribution in [0, 0.1) is 12.8 Å². The molecule has 3 atom stereocenters. The minimum Gasteiger partial charge on any atom is -0.441 e. The fourth-order valence-electron chi connectivity index (χ4n) is 4.38. The predicted molar refractivity (Wildman–Crippen MR) is 151 cm³/mol. The summed E-state index contributed by atoms with van der Waals surface area (Å²) >= 11 is 0. The van der Waals surface area contributed by atoms with Crippen molar-refractivity contribution in [2.24, 2.45) is 5.92 Å². The summed E-state index contributed by atoms with van der Waals surface area (Å²) in [6.45, 7) is 19.6. The second-order valence-corrected chi connectivity index (χ2v) is 17.0. The molecular formula is C30H49NO4Si. The maximum Gasteiger partial charge on any atom is 0.192 e. The van der Waals surface area contributed by atoms with Crippen molar-refractivity contribution < 1.29 is 18.3 Å². The summed E-state index contributed by atoms with van der Waals surface area (Å²) in [7, 11) is -1.95.